The summed E-state index contributed by atoms with van der Waals surface area (Å²) in [6.45, 7) is 8.75. The van der Waals surface area contributed by atoms with Gasteiger partial charge in [0.25, 0.3) is 0 Å². The minimum absolute atomic E-state index is 0.115. The molecule has 114 valence electrons. The van der Waals surface area contributed by atoms with Crippen molar-refractivity contribution in [2.45, 2.75) is 32.6 Å². The van der Waals surface area contributed by atoms with E-state index in [1.165, 1.54) is 0 Å². The first-order valence-corrected chi connectivity index (χ1v) is 7.28. The van der Waals surface area contributed by atoms with Gasteiger partial charge in [0.2, 0.25) is 10.0 Å². The lowest BCUT2D eigenvalue weighted by atomic mass is 10.0. The van der Waals surface area contributed by atoms with Gasteiger partial charge in [-0.25, -0.2) is 21.9 Å². The van der Waals surface area contributed by atoms with Gasteiger partial charge in [-0.15, -0.1) is 0 Å². The van der Waals surface area contributed by atoms with Gasteiger partial charge >= 0.3 is 0 Å². The van der Waals surface area contributed by atoms with Crippen LogP contribution < -0.4 is 4.72 Å². The Labute approximate surface area is 118 Å². The summed E-state index contributed by atoms with van der Waals surface area (Å²) in [7, 11) is -2.95. The van der Waals surface area contributed by atoms with E-state index in [0.717, 1.165) is 7.05 Å². The van der Waals surface area contributed by atoms with Crippen LogP contribution in [0.1, 0.15) is 38.1 Å². The number of carbonyl (C=O) groups is 1. The second-order valence-electron chi connectivity index (χ2n) is 5.63. The third kappa shape index (κ3) is 6.21. The highest BCUT2D eigenvalue weighted by atomic mass is 32.2. The standard InChI is InChI=1S/C8H7F2NO3S.C5H12/c1-11-15(13,14)8-2-5(4-12)6(9)3-7(8)10;1-5(2,3)4/h2-4,11H,1H3;1-4H3. The van der Waals surface area contributed by atoms with Gasteiger partial charge in [0, 0.05) is 6.07 Å². The molecule has 1 rings (SSSR count). The molecule has 0 spiro atoms. The van der Waals surface area contributed by atoms with Crippen LogP contribution in [-0.4, -0.2) is 21.8 Å². The molecule has 7 heteroatoms. The highest BCUT2D eigenvalue weighted by Crippen LogP contribution is 2.18. The zero-order valence-corrected chi connectivity index (χ0v) is 12.9. The molecule has 20 heavy (non-hydrogen) atoms. The normalized spacial score (nSPS) is 11.6. The molecule has 1 aromatic rings. The Morgan fingerprint density at radius 2 is 1.55 bits per heavy atom. The molecule has 0 fully saturated rings. The molecule has 0 saturated heterocycles. The van der Waals surface area contributed by atoms with Crippen LogP contribution >= 0.6 is 0 Å². The monoisotopic (exact) mass is 307 g/mol. The van der Waals surface area contributed by atoms with E-state index >= 15 is 0 Å². The molecule has 0 aliphatic rings. The molecule has 0 atom stereocenters. The van der Waals surface area contributed by atoms with E-state index in [1.807, 2.05) is 4.72 Å². The molecule has 0 bridgehead atoms. The number of halogens is 2. The van der Waals surface area contributed by atoms with E-state index in [2.05, 4.69) is 27.7 Å². The van der Waals surface area contributed by atoms with E-state index in [0.29, 0.717) is 17.5 Å². The van der Waals surface area contributed by atoms with Gasteiger partial charge in [0.05, 0.1) is 5.56 Å². The fourth-order valence-corrected chi connectivity index (χ4v) is 1.77. The molecular formula is C13H19F2NO3S. The molecule has 0 radical (unpaired) electrons. The van der Waals surface area contributed by atoms with Gasteiger partial charge in [-0.2, -0.15) is 0 Å². The van der Waals surface area contributed by atoms with Crippen molar-refractivity contribution in [3.8, 4) is 0 Å². The van der Waals surface area contributed by atoms with Crippen LogP contribution in [0, 0.1) is 17.0 Å². The first-order chi connectivity index (χ1) is 8.92. The van der Waals surface area contributed by atoms with E-state index < -0.39 is 32.1 Å². The number of sulfonamides is 1. The number of carbonyl (C=O) groups excluding carboxylic acids is 1. The Bertz CT molecular complexity index is 572. The summed E-state index contributed by atoms with van der Waals surface area (Å²) in [6.07, 6.45) is 0.115. The van der Waals surface area contributed by atoms with E-state index in [4.69, 9.17) is 0 Å². The number of rotatable bonds is 3. The zero-order chi connectivity index (χ0) is 16.1. The highest BCUT2D eigenvalue weighted by Gasteiger charge is 2.19. The third-order valence-electron chi connectivity index (χ3n) is 1.74. The van der Waals surface area contributed by atoms with Crippen molar-refractivity contribution in [1.82, 2.24) is 4.72 Å². The molecular weight excluding hydrogens is 288 g/mol. The van der Waals surface area contributed by atoms with Crippen molar-refractivity contribution in [2.75, 3.05) is 7.05 Å². The Balaban J connectivity index is 0.000000621. The summed E-state index contributed by atoms with van der Waals surface area (Å²) in [6, 6.07) is 0.997. The van der Waals surface area contributed by atoms with E-state index in [9.17, 15) is 22.0 Å². The van der Waals surface area contributed by atoms with Gasteiger partial charge in [0.1, 0.15) is 16.5 Å². The number of benzene rings is 1. The van der Waals surface area contributed by atoms with Gasteiger partial charge in [-0.3, -0.25) is 4.79 Å². The lowest BCUT2D eigenvalue weighted by molar-refractivity contribution is 0.111. The first kappa shape index (κ1) is 18.7. The minimum atomic E-state index is -4.03. The maximum absolute atomic E-state index is 13.1. The zero-order valence-electron chi connectivity index (χ0n) is 12.1. The molecule has 0 heterocycles. The van der Waals surface area contributed by atoms with Gasteiger partial charge in [-0.05, 0) is 18.5 Å². The Kier molecular flexibility index (Phi) is 6.43. The second kappa shape index (κ2) is 6.90. The van der Waals surface area contributed by atoms with Crippen molar-refractivity contribution < 1.29 is 22.0 Å². The van der Waals surface area contributed by atoms with Crippen LogP contribution in [0.5, 0.6) is 0 Å². The number of aldehydes is 1. The van der Waals surface area contributed by atoms with E-state index in [1.54, 1.807) is 0 Å². The fraction of sp³-hybridized carbons (Fsp3) is 0.462. The predicted octanol–water partition coefficient (Wildman–Crippen LogP) is 2.74. The Morgan fingerprint density at radius 1 is 1.10 bits per heavy atom. The van der Waals surface area contributed by atoms with Crippen LogP contribution in [0.15, 0.2) is 17.0 Å². The number of hydrogen-bond donors (Lipinski definition) is 1. The van der Waals surface area contributed by atoms with Crippen molar-refractivity contribution in [3.05, 3.63) is 29.3 Å². The molecule has 0 aromatic heterocycles. The summed E-state index contributed by atoms with van der Waals surface area (Å²) >= 11 is 0. The average molecular weight is 307 g/mol. The second-order valence-corrected chi connectivity index (χ2v) is 7.48. The van der Waals surface area contributed by atoms with Gasteiger partial charge in [-0.1, -0.05) is 27.7 Å². The van der Waals surface area contributed by atoms with Gasteiger partial charge in [0.15, 0.2) is 6.29 Å². The SMILES string of the molecule is CC(C)(C)C.CNS(=O)(=O)c1cc(C=O)c(F)cc1F. The lowest BCUT2D eigenvalue weighted by Crippen LogP contribution is -2.20. The molecule has 0 amide bonds. The van der Waals surface area contributed by atoms with Crippen molar-refractivity contribution in [2.24, 2.45) is 5.41 Å². The fourth-order valence-electron chi connectivity index (χ4n) is 0.951. The van der Waals surface area contributed by atoms with Crippen LogP contribution in [0.2, 0.25) is 0 Å². The largest absolute Gasteiger partial charge is 0.298 e. The smallest absolute Gasteiger partial charge is 0.243 e. The van der Waals surface area contributed by atoms with Crippen molar-refractivity contribution in [1.29, 1.82) is 0 Å². The summed E-state index contributed by atoms with van der Waals surface area (Å²) < 4.78 is 50.2. The molecule has 1 N–H and O–H groups in total. The molecule has 0 aliphatic heterocycles. The maximum Gasteiger partial charge on any atom is 0.243 e. The predicted molar refractivity (Wildman–Crippen MR) is 73.1 cm³/mol. The van der Waals surface area contributed by atoms with Crippen molar-refractivity contribution >= 4 is 16.3 Å². The van der Waals surface area contributed by atoms with Crippen LogP contribution in [0.4, 0.5) is 8.78 Å². The van der Waals surface area contributed by atoms with Crippen LogP contribution in [0.3, 0.4) is 0 Å². The number of hydrogen-bond acceptors (Lipinski definition) is 3. The molecule has 4 nitrogen and oxygen atoms in total. The van der Waals surface area contributed by atoms with Gasteiger partial charge < -0.3 is 0 Å². The lowest BCUT2D eigenvalue weighted by Gasteiger charge is -2.05. The number of nitrogens with one attached hydrogen (secondary N) is 1. The summed E-state index contributed by atoms with van der Waals surface area (Å²) in [5.41, 5.74) is -0.00905. The summed E-state index contributed by atoms with van der Waals surface area (Å²) in [5, 5.41) is 0. The van der Waals surface area contributed by atoms with Crippen molar-refractivity contribution in [3.63, 3.8) is 0 Å². The minimum Gasteiger partial charge on any atom is -0.298 e. The molecule has 0 saturated carbocycles. The van der Waals surface area contributed by atoms with E-state index in [-0.39, 0.29) is 6.29 Å². The molecule has 1 aromatic carbocycles. The highest BCUT2D eigenvalue weighted by molar-refractivity contribution is 7.89. The quantitative estimate of drug-likeness (QED) is 0.873. The first-order valence-electron chi connectivity index (χ1n) is 5.80. The summed E-state index contributed by atoms with van der Waals surface area (Å²) in [5.74, 6) is -2.34. The Morgan fingerprint density at radius 3 is 1.90 bits per heavy atom. The molecule has 0 unspecified atom stereocenters. The summed E-state index contributed by atoms with van der Waals surface area (Å²) in [4.78, 5) is 9.57. The molecule has 0 aliphatic carbocycles. The van der Waals surface area contributed by atoms with Crippen LogP contribution in [-0.2, 0) is 10.0 Å². The Hall–Kier alpha value is -1.34. The third-order valence-corrected chi connectivity index (χ3v) is 3.17. The van der Waals surface area contributed by atoms with Crippen LogP contribution in [0.25, 0.3) is 0 Å². The maximum atomic E-state index is 13.1. The average Bonchev–Trinajstić information content (AvgIpc) is 2.26. The topological polar surface area (TPSA) is 63.2 Å².